The largest absolute Gasteiger partial charge is 0.507 e. The van der Waals surface area contributed by atoms with Crippen LogP contribution in [0.25, 0.3) is 0 Å². The first-order chi connectivity index (χ1) is 12.0. The van der Waals surface area contributed by atoms with E-state index in [-0.39, 0.29) is 17.6 Å². The van der Waals surface area contributed by atoms with Crippen LogP contribution in [-0.2, 0) is 4.79 Å². The average molecular weight is 345 g/mol. The number of carbonyl (C=O) groups excluding carboxylic acids is 2. The minimum atomic E-state index is -0.104. The van der Waals surface area contributed by atoms with Crippen molar-refractivity contribution in [2.75, 3.05) is 39.3 Å². The van der Waals surface area contributed by atoms with Gasteiger partial charge in [0.1, 0.15) is 5.75 Å². The molecule has 0 spiro atoms. The van der Waals surface area contributed by atoms with Gasteiger partial charge >= 0.3 is 0 Å². The van der Waals surface area contributed by atoms with Crippen molar-refractivity contribution in [3.8, 4) is 5.75 Å². The van der Waals surface area contributed by atoms with Crippen molar-refractivity contribution in [1.29, 1.82) is 0 Å². The van der Waals surface area contributed by atoms with Crippen molar-refractivity contribution < 1.29 is 14.7 Å². The van der Waals surface area contributed by atoms with Gasteiger partial charge in [0.25, 0.3) is 5.91 Å². The molecule has 0 saturated carbocycles. The van der Waals surface area contributed by atoms with Crippen molar-refractivity contribution in [2.45, 2.75) is 26.3 Å². The van der Waals surface area contributed by atoms with Gasteiger partial charge in [-0.1, -0.05) is 19.1 Å². The van der Waals surface area contributed by atoms with Gasteiger partial charge in [-0.3, -0.25) is 14.5 Å². The molecule has 1 N–H and O–H groups in total. The molecule has 6 nitrogen and oxygen atoms in total. The highest BCUT2D eigenvalue weighted by Crippen LogP contribution is 2.26. The van der Waals surface area contributed by atoms with Crippen LogP contribution in [-0.4, -0.2) is 76.9 Å². The molecule has 136 valence electrons. The maximum absolute atomic E-state index is 12.7. The monoisotopic (exact) mass is 345 g/mol. The van der Waals surface area contributed by atoms with Crippen LogP contribution in [0.3, 0.4) is 0 Å². The molecule has 2 amide bonds. The molecule has 1 aromatic rings. The van der Waals surface area contributed by atoms with Gasteiger partial charge in [0.15, 0.2) is 0 Å². The van der Waals surface area contributed by atoms with E-state index < -0.39 is 0 Å². The van der Waals surface area contributed by atoms with Crippen LogP contribution in [0.15, 0.2) is 24.3 Å². The van der Waals surface area contributed by atoms with Gasteiger partial charge in [-0.05, 0) is 24.5 Å². The van der Waals surface area contributed by atoms with E-state index in [0.29, 0.717) is 30.6 Å². The Morgan fingerprint density at radius 2 is 1.80 bits per heavy atom. The lowest BCUT2D eigenvalue weighted by atomic mass is 10.0. The molecule has 2 aliphatic rings. The Kier molecular flexibility index (Phi) is 5.27. The maximum atomic E-state index is 12.7. The average Bonchev–Trinajstić information content (AvgIpc) is 2.81. The van der Waals surface area contributed by atoms with Gasteiger partial charge in [-0.15, -0.1) is 0 Å². The van der Waals surface area contributed by atoms with Gasteiger partial charge in [0.2, 0.25) is 5.91 Å². The Morgan fingerprint density at radius 3 is 2.52 bits per heavy atom. The Morgan fingerprint density at radius 1 is 1.04 bits per heavy atom. The number of carbonyl (C=O) groups is 2. The van der Waals surface area contributed by atoms with Gasteiger partial charge in [0.05, 0.1) is 5.56 Å². The molecule has 2 unspecified atom stereocenters. The van der Waals surface area contributed by atoms with E-state index in [1.165, 1.54) is 0 Å². The highest BCUT2D eigenvalue weighted by Gasteiger charge is 2.37. The molecule has 2 saturated heterocycles. The first kappa shape index (κ1) is 17.7. The summed E-state index contributed by atoms with van der Waals surface area (Å²) < 4.78 is 0. The van der Waals surface area contributed by atoms with Crippen LogP contribution < -0.4 is 0 Å². The third kappa shape index (κ3) is 3.79. The fourth-order valence-electron chi connectivity index (χ4n) is 4.00. The lowest BCUT2D eigenvalue weighted by molar-refractivity contribution is -0.128. The molecule has 25 heavy (non-hydrogen) atoms. The number of phenols is 1. The van der Waals surface area contributed by atoms with E-state index in [1.54, 1.807) is 31.2 Å². The highest BCUT2D eigenvalue weighted by atomic mass is 16.3. The smallest absolute Gasteiger partial charge is 0.257 e. The van der Waals surface area contributed by atoms with E-state index in [2.05, 4.69) is 11.8 Å². The zero-order valence-electron chi connectivity index (χ0n) is 15.0. The van der Waals surface area contributed by atoms with Crippen molar-refractivity contribution in [3.05, 3.63) is 29.8 Å². The Labute approximate surface area is 149 Å². The van der Waals surface area contributed by atoms with Crippen molar-refractivity contribution in [2.24, 2.45) is 5.92 Å². The Balaban J connectivity index is 1.66. The number of amides is 2. The SMILES string of the molecule is CC(=O)N1CCCN(C2CN(C(=O)c3ccccc3O)CC2C)CC1. The number of hydrogen-bond acceptors (Lipinski definition) is 4. The molecule has 6 heteroatoms. The number of para-hydroxylation sites is 1. The molecule has 3 rings (SSSR count). The summed E-state index contributed by atoms with van der Waals surface area (Å²) in [6, 6.07) is 7.03. The first-order valence-corrected chi connectivity index (χ1v) is 9.04. The van der Waals surface area contributed by atoms with E-state index in [0.717, 1.165) is 32.6 Å². The summed E-state index contributed by atoms with van der Waals surface area (Å²) >= 11 is 0. The zero-order chi connectivity index (χ0) is 18.0. The molecule has 0 radical (unpaired) electrons. The normalized spacial score (nSPS) is 25.0. The van der Waals surface area contributed by atoms with Crippen LogP contribution in [0.2, 0.25) is 0 Å². The fraction of sp³-hybridized carbons (Fsp3) is 0.579. The predicted octanol–water partition coefficient (Wildman–Crippen LogP) is 1.41. The number of hydrogen-bond donors (Lipinski definition) is 1. The molecule has 2 heterocycles. The molecule has 0 aliphatic carbocycles. The summed E-state index contributed by atoms with van der Waals surface area (Å²) in [5, 5.41) is 9.94. The Bertz CT molecular complexity index is 649. The van der Waals surface area contributed by atoms with Crippen molar-refractivity contribution in [3.63, 3.8) is 0 Å². The van der Waals surface area contributed by atoms with Gasteiger partial charge in [-0.25, -0.2) is 0 Å². The quantitative estimate of drug-likeness (QED) is 0.880. The molecule has 2 atom stereocenters. The van der Waals surface area contributed by atoms with Gasteiger partial charge in [-0.2, -0.15) is 0 Å². The van der Waals surface area contributed by atoms with Crippen molar-refractivity contribution in [1.82, 2.24) is 14.7 Å². The minimum Gasteiger partial charge on any atom is -0.507 e. The molecule has 0 aromatic heterocycles. The molecule has 2 fully saturated rings. The van der Waals surface area contributed by atoms with Crippen LogP contribution in [0, 0.1) is 5.92 Å². The third-order valence-corrected chi connectivity index (χ3v) is 5.44. The summed E-state index contributed by atoms with van der Waals surface area (Å²) in [5.74, 6) is 0.444. The lowest BCUT2D eigenvalue weighted by Gasteiger charge is -2.30. The molecule has 0 bridgehead atoms. The zero-order valence-corrected chi connectivity index (χ0v) is 15.0. The fourth-order valence-corrected chi connectivity index (χ4v) is 4.00. The van der Waals surface area contributed by atoms with Gasteiger partial charge in [0, 0.05) is 52.2 Å². The third-order valence-electron chi connectivity index (χ3n) is 5.44. The molecule has 2 aliphatic heterocycles. The second kappa shape index (κ2) is 7.44. The second-order valence-corrected chi connectivity index (χ2v) is 7.17. The summed E-state index contributed by atoms with van der Waals surface area (Å²) in [5.41, 5.74) is 0.369. The van der Waals surface area contributed by atoms with Crippen molar-refractivity contribution >= 4 is 11.8 Å². The number of rotatable bonds is 2. The number of nitrogens with zero attached hydrogens (tertiary/aromatic N) is 3. The summed E-state index contributed by atoms with van der Waals surface area (Å²) in [7, 11) is 0. The summed E-state index contributed by atoms with van der Waals surface area (Å²) in [6.45, 7) is 8.56. The van der Waals surface area contributed by atoms with E-state index in [4.69, 9.17) is 0 Å². The number of likely N-dealkylation sites (tertiary alicyclic amines) is 1. The second-order valence-electron chi connectivity index (χ2n) is 7.17. The maximum Gasteiger partial charge on any atom is 0.257 e. The first-order valence-electron chi connectivity index (χ1n) is 9.04. The molecular formula is C19H27N3O3. The van der Waals surface area contributed by atoms with Gasteiger partial charge < -0.3 is 14.9 Å². The minimum absolute atomic E-state index is 0.0375. The highest BCUT2D eigenvalue weighted by molar-refractivity contribution is 5.97. The number of phenolic OH excluding ortho intramolecular Hbond substituents is 1. The molecule has 1 aromatic carbocycles. The van der Waals surface area contributed by atoms with Crippen LogP contribution in [0.5, 0.6) is 5.75 Å². The topological polar surface area (TPSA) is 64.1 Å². The molecular weight excluding hydrogens is 318 g/mol. The lowest BCUT2D eigenvalue weighted by Crippen LogP contribution is -2.43. The number of benzene rings is 1. The van der Waals surface area contributed by atoms with Crippen LogP contribution in [0.1, 0.15) is 30.6 Å². The van der Waals surface area contributed by atoms with Crippen LogP contribution in [0.4, 0.5) is 0 Å². The standard InChI is InChI=1S/C19H27N3O3/c1-14-12-22(19(25)16-6-3-4-7-18(16)24)13-17(14)21-9-5-8-20(10-11-21)15(2)23/h3-4,6-7,14,17,24H,5,8-13H2,1-2H3. The van der Waals surface area contributed by atoms with E-state index in [9.17, 15) is 14.7 Å². The summed E-state index contributed by atoms with van der Waals surface area (Å²) in [4.78, 5) is 30.5. The predicted molar refractivity (Wildman–Crippen MR) is 95.4 cm³/mol. The van der Waals surface area contributed by atoms with E-state index in [1.807, 2.05) is 9.80 Å². The Hall–Kier alpha value is -2.08. The number of aromatic hydroxyl groups is 1. The van der Waals surface area contributed by atoms with Crippen LogP contribution >= 0.6 is 0 Å². The van der Waals surface area contributed by atoms with E-state index >= 15 is 0 Å². The summed E-state index contributed by atoms with van der Waals surface area (Å²) in [6.07, 6.45) is 0.968.